The molecule has 2 aliphatic rings. The number of aromatic nitrogens is 1. The Morgan fingerprint density at radius 1 is 1.25 bits per heavy atom. The van der Waals surface area contributed by atoms with E-state index in [0.29, 0.717) is 30.5 Å². The van der Waals surface area contributed by atoms with Crippen molar-refractivity contribution in [1.82, 2.24) is 15.2 Å². The first-order chi connectivity index (χ1) is 18.9. The lowest BCUT2D eigenvalue weighted by Gasteiger charge is -2.33. The number of hydrogen-bond acceptors (Lipinski definition) is 7. The number of nitrogens with zero attached hydrogens (tertiary/aromatic N) is 2. The van der Waals surface area contributed by atoms with E-state index in [4.69, 9.17) is 10.5 Å². The predicted molar refractivity (Wildman–Crippen MR) is 144 cm³/mol. The summed E-state index contributed by atoms with van der Waals surface area (Å²) in [5.74, 6) is -3.79. The minimum Gasteiger partial charge on any atom is -0.492 e. The second kappa shape index (κ2) is 11.6. The summed E-state index contributed by atoms with van der Waals surface area (Å²) in [5, 5.41) is 14.3. The van der Waals surface area contributed by atoms with Gasteiger partial charge in [-0.3, -0.25) is 14.4 Å². The van der Waals surface area contributed by atoms with Crippen LogP contribution in [0.15, 0.2) is 28.5 Å². The summed E-state index contributed by atoms with van der Waals surface area (Å²) in [6.07, 6.45) is 3.70. The van der Waals surface area contributed by atoms with E-state index in [9.17, 15) is 24.3 Å². The molecule has 5 N–H and O–H groups in total. The van der Waals surface area contributed by atoms with E-state index >= 15 is 8.78 Å². The molecule has 11 nitrogen and oxygen atoms in total. The maximum absolute atomic E-state index is 15.6. The Kier molecular flexibility index (Phi) is 8.43. The molecule has 1 aromatic heterocycles. The zero-order chi connectivity index (χ0) is 29.3. The summed E-state index contributed by atoms with van der Waals surface area (Å²) in [6, 6.07) is -0.742. The molecular weight excluding hydrogens is 528 g/mol. The molecule has 1 saturated heterocycles. The van der Waals surface area contributed by atoms with Crippen molar-refractivity contribution in [2.45, 2.75) is 57.7 Å². The van der Waals surface area contributed by atoms with Crippen molar-refractivity contribution in [3.63, 3.8) is 0 Å². The summed E-state index contributed by atoms with van der Waals surface area (Å²) in [5.41, 5.74) is 4.93. The molecule has 4 rings (SSSR count). The lowest BCUT2D eigenvalue weighted by atomic mass is 10.0. The molecule has 0 radical (unpaired) electrons. The van der Waals surface area contributed by atoms with Crippen molar-refractivity contribution in [1.29, 1.82) is 0 Å². The van der Waals surface area contributed by atoms with Gasteiger partial charge in [0.1, 0.15) is 23.1 Å². The number of ether oxygens (including phenoxy) is 1. The molecule has 1 aromatic carbocycles. The third kappa shape index (κ3) is 5.79. The Balaban J connectivity index is 1.63. The molecule has 0 bridgehead atoms. The minimum absolute atomic E-state index is 0.0122. The van der Waals surface area contributed by atoms with E-state index in [1.165, 1.54) is 27.2 Å². The van der Waals surface area contributed by atoms with Gasteiger partial charge < -0.3 is 35.7 Å². The Labute approximate surface area is 228 Å². The Hall–Kier alpha value is -4.00. The summed E-state index contributed by atoms with van der Waals surface area (Å²) >= 11 is 0. The number of carboxylic acid groups (broad SMARTS) is 1. The molecule has 1 aliphatic heterocycles. The molecule has 2 aromatic rings. The number of hydrogen-bond donors (Lipinski definition) is 4. The van der Waals surface area contributed by atoms with Crippen LogP contribution in [-0.2, 0) is 9.59 Å². The highest BCUT2D eigenvalue weighted by atomic mass is 19.1. The minimum atomic E-state index is -1.40. The highest BCUT2D eigenvalue weighted by Crippen LogP contribution is 2.44. The number of carboxylic acids is 1. The first kappa shape index (κ1) is 29.0. The number of anilines is 1. The molecule has 216 valence electrons. The molecule has 1 saturated carbocycles. The van der Waals surface area contributed by atoms with Crippen LogP contribution >= 0.6 is 0 Å². The summed E-state index contributed by atoms with van der Waals surface area (Å²) in [7, 11) is 1.34. The smallest absolute Gasteiger partial charge is 0.341 e. The van der Waals surface area contributed by atoms with Gasteiger partial charge in [0.15, 0.2) is 11.6 Å². The van der Waals surface area contributed by atoms with Gasteiger partial charge in [-0.15, -0.1) is 0 Å². The van der Waals surface area contributed by atoms with E-state index in [2.05, 4.69) is 10.6 Å². The van der Waals surface area contributed by atoms with Crippen LogP contribution in [0.25, 0.3) is 10.9 Å². The highest BCUT2D eigenvalue weighted by molar-refractivity contribution is 5.97. The number of methoxy groups -OCH3 is 1. The first-order valence-electron chi connectivity index (χ1n) is 13.1. The molecular formula is C27H33F2N5O6. The van der Waals surface area contributed by atoms with E-state index in [1.54, 1.807) is 9.47 Å². The van der Waals surface area contributed by atoms with E-state index < -0.39 is 59.0 Å². The molecule has 40 heavy (non-hydrogen) atoms. The molecule has 2 heterocycles. The van der Waals surface area contributed by atoms with Crippen LogP contribution in [0.1, 0.15) is 55.9 Å². The van der Waals surface area contributed by atoms with E-state index in [-0.39, 0.29) is 29.4 Å². The van der Waals surface area contributed by atoms with Crippen LogP contribution in [-0.4, -0.2) is 66.3 Å². The standard InChI is InChI=1S/C27H33F2N5O6/c1-13(30)25(36)32-14(2)26(37)31-10-20(29)15-5-4-8-33(11-15)22-19(28)9-17-21(24(22)40-3)34(16-6-7-16)12-18(23(17)35)27(38)39/h9,12-14,16H,4-8,10-11,30H2,1-3H3,(H,31,37)(H,32,36)(H,38,39)/b20-15+/t13-,14-/m0/s1. The van der Waals surface area contributed by atoms with Crippen LogP contribution in [0.4, 0.5) is 14.5 Å². The highest BCUT2D eigenvalue weighted by Gasteiger charge is 2.32. The van der Waals surface area contributed by atoms with Crippen molar-refractivity contribution in [2.24, 2.45) is 5.73 Å². The number of fused-ring (bicyclic) bond motifs is 1. The van der Waals surface area contributed by atoms with Gasteiger partial charge in [-0.2, -0.15) is 0 Å². The number of rotatable bonds is 9. The van der Waals surface area contributed by atoms with Gasteiger partial charge in [-0.25, -0.2) is 13.6 Å². The maximum atomic E-state index is 15.6. The van der Waals surface area contributed by atoms with Gasteiger partial charge in [0.25, 0.3) is 0 Å². The van der Waals surface area contributed by atoms with Crippen LogP contribution in [0.2, 0.25) is 0 Å². The first-order valence-corrected chi connectivity index (χ1v) is 13.1. The number of benzene rings is 1. The van der Waals surface area contributed by atoms with Gasteiger partial charge in [-0.05, 0) is 51.2 Å². The second-order valence-corrected chi connectivity index (χ2v) is 10.2. The van der Waals surface area contributed by atoms with Crippen molar-refractivity contribution < 1.29 is 33.0 Å². The Morgan fingerprint density at radius 2 is 1.95 bits per heavy atom. The van der Waals surface area contributed by atoms with Crippen LogP contribution < -0.4 is 31.4 Å². The number of pyridine rings is 1. The zero-order valence-corrected chi connectivity index (χ0v) is 22.6. The van der Waals surface area contributed by atoms with Gasteiger partial charge in [0.2, 0.25) is 17.2 Å². The number of aromatic carboxylic acids is 1. The van der Waals surface area contributed by atoms with Gasteiger partial charge in [0, 0.05) is 25.3 Å². The zero-order valence-electron chi connectivity index (χ0n) is 22.6. The fourth-order valence-electron chi connectivity index (χ4n) is 4.86. The van der Waals surface area contributed by atoms with E-state index in [1.807, 2.05) is 0 Å². The third-order valence-electron chi connectivity index (χ3n) is 7.14. The SMILES string of the molecule is COc1c(N2CCC/C(=C(\F)CNC(=O)[C@H](C)NC(=O)[C@H](C)N)C2)c(F)cc2c(=O)c(C(=O)O)cn(C3CC3)c12. The number of amides is 2. The predicted octanol–water partition coefficient (Wildman–Crippen LogP) is 1.97. The number of carbonyl (C=O) groups excluding carboxylic acids is 2. The summed E-state index contributed by atoms with van der Waals surface area (Å²) < 4.78 is 38.1. The third-order valence-corrected chi connectivity index (χ3v) is 7.14. The lowest BCUT2D eigenvalue weighted by molar-refractivity contribution is -0.128. The Morgan fingerprint density at radius 3 is 2.55 bits per heavy atom. The molecule has 2 amide bonds. The number of carbonyl (C=O) groups is 3. The molecule has 2 fully saturated rings. The molecule has 2 atom stereocenters. The fourth-order valence-corrected chi connectivity index (χ4v) is 4.86. The number of nitrogens with two attached hydrogens (primary N) is 1. The maximum Gasteiger partial charge on any atom is 0.341 e. The van der Waals surface area contributed by atoms with Gasteiger partial charge in [0.05, 0.1) is 30.6 Å². The fraction of sp³-hybridized carbons (Fsp3) is 0.481. The number of piperidine rings is 1. The molecule has 0 spiro atoms. The second-order valence-electron chi connectivity index (χ2n) is 10.2. The van der Waals surface area contributed by atoms with Gasteiger partial charge in [-0.1, -0.05) is 0 Å². The Bertz CT molecular complexity index is 1450. The molecule has 13 heteroatoms. The average molecular weight is 562 g/mol. The largest absolute Gasteiger partial charge is 0.492 e. The lowest BCUT2D eigenvalue weighted by Crippen LogP contribution is -2.49. The summed E-state index contributed by atoms with van der Waals surface area (Å²) in [4.78, 5) is 50.3. The monoisotopic (exact) mass is 561 g/mol. The van der Waals surface area contributed by atoms with Crippen molar-refractivity contribution in [3.8, 4) is 5.75 Å². The van der Waals surface area contributed by atoms with Crippen molar-refractivity contribution >= 4 is 34.4 Å². The normalized spacial score (nSPS) is 18.2. The van der Waals surface area contributed by atoms with Crippen LogP contribution in [0.3, 0.4) is 0 Å². The van der Waals surface area contributed by atoms with E-state index in [0.717, 1.165) is 18.9 Å². The van der Waals surface area contributed by atoms with Gasteiger partial charge >= 0.3 is 5.97 Å². The molecule has 1 aliphatic carbocycles. The van der Waals surface area contributed by atoms with Crippen molar-refractivity contribution in [3.05, 3.63) is 45.3 Å². The number of halogens is 2. The van der Waals surface area contributed by atoms with Crippen molar-refractivity contribution in [2.75, 3.05) is 31.6 Å². The summed E-state index contributed by atoms with van der Waals surface area (Å²) in [6.45, 7) is 2.92. The average Bonchev–Trinajstić information content (AvgIpc) is 3.76. The quantitative estimate of drug-likeness (QED) is 0.362. The molecule has 0 unspecified atom stereocenters. The van der Waals surface area contributed by atoms with Crippen LogP contribution in [0, 0.1) is 5.82 Å². The van der Waals surface area contributed by atoms with Crippen LogP contribution in [0.5, 0.6) is 5.75 Å². The topological polar surface area (TPSA) is 156 Å². The number of nitrogens with one attached hydrogen (secondary N) is 2.